The van der Waals surface area contributed by atoms with Crippen LogP contribution in [-0.4, -0.2) is 33.3 Å². The van der Waals surface area contributed by atoms with E-state index in [1.165, 1.54) is 17.7 Å². The van der Waals surface area contributed by atoms with Gasteiger partial charge in [0, 0.05) is 6.54 Å². The van der Waals surface area contributed by atoms with Gasteiger partial charge < -0.3 is 5.11 Å². The van der Waals surface area contributed by atoms with Gasteiger partial charge in [-0.2, -0.15) is 0 Å². The third-order valence-electron chi connectivity index (χ3n) is 5.43. The number of anilines is 1. The van der Waals surface area contributed by atoms with Crippen LogP contribution in [0, 0.1) is 20.2 Å². The highest BCUT2D eigenvalue weighted by atomic mass is 16.7. The first kappa shape index (κ1) is 24.8. The molecule has 0 bridgehead atoms. The normalized spacial score (nSPS) is 11.1. The minimum atomic E-state index is -3.46. The molecular weight excluding hydrogens is 414 g/mol. The number of carbonyl (C=O) groups is 1. The molecule has 2 aromatic rings. The molecular formula is C23H29N3O6. The number of unbranched alkanes of at least 4 members (excludes halogenated alkanes) is 6. The summed E-state index contributed by atoms with van der Waals surface area (Å²) in [6.07, 6.45) is 7.32. The van der Waals surface area contributed by atoms with Crippen molar-refractivity contribution in [1.29, 1.82) is 0 Å². The van der Waals surface area contributed by atoms with Gasteiger partial charge in [-0.25, -0.2) is 9.69 Å². The molecule has 0 spiro atoms. The maximum absolute atomic E-state index is 11.7. The van der Waals surface area contributed by atoms with Gasteiger partial charge in [-0.1, -0.05) is 80.6 Å². The summed E-state index contributed by atoms with van der Waals surface area (Å²) in [6, 6.07) is 18.0. The van der Waals surface area contributed by atoms with Crippen LogP contribution in [0.15, 0.2) is 60.7 Å². The highest BCUT2D eigenvalue weighted by Gasteiger charge is 2.70. The van der Waals surface area contributed by atoms with E-state index >= 15 is 0 Å². The lowest BCUT2D eigenvalue weighted by atomic mass is 10.0. The van der Waals surface area contributed by atoms with E-state index in [4.69, 9.17) is 0 Å². The Kier molecular flexibility index (Phi) is 9.59. The van der Waals surface area contributed by atoms with Gasteiger partial charge in [-0.3, -0.25) is 20.2 Å². The van der Waals surface area contributed by atoms with Crippen LogP contribution in [0.3, 0.4) is 0 Å². The van der Waals surface area contributed by atoms with Gasteiger partial charge in [0.1, 0.15) is 9.85 Å². The molecule has 0 amide bonds. The topological polar surface area (TPSA) is 127 Å². The summed E-state index contributed by atoms with van der Waals surface area (Å²) in [7, 11) is 0. The molecule has 2 rings (SSSR count). The highest BCUT2D eigenvalue weighted by Crippen LogP contribution is 2.27. The van der Waals surface area contributed by atoms with E-state index < -0.39 is 21.6 Å². The molecule has 0 aromatic heterocycles. The number of aryl methyl sites for hydroxylation is 1. The standard InChI is InChI=1S/C23H29N3O6/c27-22(28)23(25(29)30,26(31)32)24(21-17-11-7-12-18-21)19-13-5-3-1-2-4-8-14-20-15-9-6-10-16-20/h6-7,9-12,15-18H,1-5,8,13-14,19H2,(H,27,28). The lowest BCUT2D eigenvalue weighted by Gasteiger charge is -2.28. The van der Waals surface area contributed by atoms with E-state index in [1.54, 1.807) is 18.2 Å². The zero-order valence-electron chi connectivity index (χ0n) is 18.0. The number of carboxylic acids is 1. The van der Waals surface area contributed by atoms with Crippen molar-refractivity contribution in [2.75, 3.05) is 11.4 Å². The summed E-state index contributed by atoms with van der Waals surface area (Å²) in [5.41, 5.74) is 1.45. The van der Waals surface area contributed by atoms with Crippen LogP contribution >= 0.6 is 0 Å². The maximum atomic E-state index is 11.7. The second kappa shape index (κ2) is 12.4. The van der Waals surface area contributed by atoms with Crippen LogP contribution in [0.4, 0.5) is 5.69 Å². The molecule has 2 aromatic carbocycles. The fraction of sp³-hybridized carbons (Fsp3) is 0.435. The second-order valence-corrected chi connectivity index (χ2v) is 7.65. The lowest BCUT2D eigenvalue weighted by Crippen LogP contribution is -2.66. The first-order valence-electron chi connectivity index (χ1n) is 10.8. The fourth-order valence-electron chi connectivity index (χ4n) is 3.74. The second-order valence-electron chi connectivity index (χ2n) is 7.65. The Hall–Kier alpha value is -3.49. The predicted octanol–water partition coefficient (Wildman–Crippen LogP) is 4.76. The van der Waals surface area contributed by atoms with Gasteiger partial charge in [0.25, 0.3) is 0 Å². The number of nitrogens with zero attached hydrogens (tertiary/aromatic N) is 3. The van der Waals surface area contributed by atoms with Crippen LogP contribution in [0.5, 0.6) is 0 Å². The monoisotopic (exact) mass is 443 g/mol. The molecule has 0 aliphatic rings. The van der Waals surface area contributed by atoms with Crippen molar-refractivity contribution in [2.45, 2.75) is 57.2 Å². The highest BCUT2D eigenvalue weighted by molar-refractivity contribution is 5.79. The summed E-state index contributed by atoms with van der Waals surface area (Å²) in [5.74, 6) is -5.58. The summed E-state index contributed by atoms with van der Waals surface area (Å²) in [5, 5.41) is 32.7. The van der Waals surface area contributed by atoms with Gasteiger partial charge in [-0.05, 0) is 37.0 Å². The number of rotatable bonds is 15. The molecule has 9 heteroatoms. The van der Waals surface area contributed by atoms with Gasteiger partial charge >= 0.3 is 11.8 Å². The smallest absolute Gasteiger partial charge is 0.469 e. The summed E-state index contributed by atoms with van der Waals surface area (Å²) < 4.78 is 0. The zero-order valence-corrected chi connectivity index (χ0v) is 18.0. The molecule has 172 valence electrons. The Morgan fingerprint density at radius 2 is 1.25 bits per heavy atom. The molecule has 0 radical (unpaired) electrons. The first-order chi connectivity index (χ1) is 15.4. The Morgan fingerprint density at radius 1 is 0.781 bits per heavy atom. The molecule has 0 saturated heterocycles. The number of nitro groups is 2. The minimum Gasteiger partial charge on any atom is -0.469 e. The molecule has 0 unspecified atom stereocenters. The van der Waals surface area contributed by atoms with E-state index in [9.17, 15) is 30.1 Å². The number of aliphatic carboxylic acids is 1. The Morgan fingerprint density at radius 3 is 1.75 bits per heavy atom. The average Bonchev–Trinajstić information content (AvgIpc) is 2.77. The Balaban J connectivity index is 1.87. The zero-order chi connectivity index (χ0) is 23.4. The number of para-hydroxylation sites is 1. The molecule has 32 heavy (non-hydrogen) atoms. The molecule has 0 saturated carbocycles. The van der Waals surface area contributed by atoms with Crippen LogP contribution in [0.2, 0.25) is 0 Å². The molecule has 1 N–H and O–H groups in total. The van der Waals surface area contributed by atoms with Gasteiger partial charge in [0.05, 0.1) is 5.69 Å². The van der Waals surface area contributed by atoms with Crippen molar-refractivity contribution >= 4 is 11.7 Å². The molecule has 0 aliphatic carbocycles. The minimum absolute atomic E-state index is 0.105. The SMILES string of the molecule is O=C(O)C(N(CCCCCCCCCc1ccccc1)c1ccccc1)([N+](=O)[O-])[N+](=O)[O-]. The van der Waals surface area contributed by atoms with E-state index in [1.807, 2.05) is 18.2 Å². The van der Waals surface area contributed by atoms with Crippen LogP contribution < -0.4 is 4.90 Å². The van der Waals surface area contributed by atoms with Crippen LogP contribution in [0.1, 0.15) is 50.5 Å². The van der Waals surface area contributed by atoms with Crippen molar-refractivity contribution in [1.82, 2.24) is 0 Å². The van der Waals surface area contributed by atoms with Gasteiger partial charge in [0.2, 0.25) is 0 Å². The van der Waals surface area contributed by atoms with Crippen molar-refractivity contribution in [3.05, 3.63) is 86.5 Å². The first-order valence-corrected chi connectivity index (χ1v) is 10.8. The van der Waals surface area contributed by atoms with E-state index in [0.717, 1.165) is 43.4 Å². The van der Waals surface area contributed by atoms with Gasteiger partial charge in [0.15, 0.2) is 0 Å². The molecule has 0 heterocycles. The molecule has 9 nitrogen and oxygen atoms in total. The average molecular weight is 444 g/mol. The third-order valence-corrected chi connectivity index (χ3v) is 5.43. The van der Waals surface area contributed by atoms with E-state index in [-0.39, 0.29) is 12.2 Å². The summed E-state index contributed by atoms with van der Waals surface area (Å²) in [4.78, 5) is 33.0. The fourth-order valence-corrected chi connectivity index (χ4v) is 3.74. The lowest BCUT2D eigenvalue weighted by molar-refractivity contribution is -0.776. The van der Waals surface area contributed by atoms with Gasteiger partial charge in [-0.15, -0.1) is 0 Å². The molecule has 0 atom stereocenters. The molecule has 0 fully saturated rings. The number of carboxylic acid groups (broad SMARTS) is 1. The van der Waals surface area contributed by atoms with Crippen LogP contribution in [-0.2, 0) is 11.2 Å². The Bertz CT molecular complexity index is 840. The van der Waals surface area contributed by atoms with Crippen molar-refractivity contribution in [3.63, 3.8) is 0 Å². The van der Waals surface area contributed by atoms with Crippen molar-refractivity contribution in [3.8, 4) is 0 Å². The number of hydrogen-bond donors (Lipinski definition) is 1. The molecule has 0 aliphatic heterocycles. The van der Waals surface area contributed by atoms with E-state index in [2.05, 4.69) is 12.1 Å². The Labute approximate surface area is 187 Å². The predicted molar refractivity (Wildman–Crippen MR) is 121 cm³/mol. The van der Waals surface area contributed by atoms with E-state index in [0.29, 0.717) is 12.8 Å². The summed E-state index contributed by atoms with van der Waals surface area (Å²) >= 11 is 0. The summed E-state index contributed by atoms with van der Waals surface area (Å²) in [6.45, 7) is -0.105. The van der Waals surface area contributed by atoms with Crippen LogP contribution in [0.25, 0.3) is 0 Å². The van der Waals surface area contributed by atoms with Crippen molar-refractivity contribution in [2.24, 2.45) is 0 Å². The van der Waals surface area contributed by atoms with Crippen molar-refractivity contribution < 1.29 is 19.7 Å². The maximum Gasteiger partial charge on any atom is 0.642 e. The number of benzene rings is 2. The quantitative estimate of drug-likeness (QED) is 0.182. The third kappa shape index (κ3) is 6.26. The largest absolute Gasteiger partial charge is 0.642 e. The number of hydrogen-bond acceptors (Lipinski definition) is 6.